The number of nitrogens with zero attached hydrogens (tertiary/aromatic N) is 2. The van der Waals surface area contributed by atoms with Crippen molar-refractivity contribution in [1.82, 2.24) is 10.2 Å². The second-order valence-corrected chi connectivity index (χ2v) is 12.5. The molecule has 230 valence electrons. The lowest BCUT2D eigenvalue weighted by molar-refractivity contribution is -0.140. The Morgan fingerprint density at radius 2 is 1.55 bits per heavy atom. The van der Waals surface area contributed by atoms with Gasteiger partial charge in [-0.3, -0.25) is 13.9 Å². The van der Waals surface area contributed by atoms with Gasteiger partial charge in [0, 0.05) is 19.5 Å². The zero-order valence-electron chi connectivity index (χ0n) is 24.9. The van der Waals surface area contributed by atoms with Crippen molar-refractivity contribution in [2.75, 3.05) is 24.5 Å². The molecule has 4 aromatic carbocycles. The van der Waals surface area contributed by atoms with Gasteiger partial charge in [-0.05, 0) is 61.4 Å². The number of sulfonamides is 1. The van der Waals surface area contributed by atoms with Crippen LogP contribution in [0.3, 0.4) is 0 Å². The number of methoxy groups -OCH3 is 1. The summed E-state index contributed by atoms with van der Waals surface area (Å²) in [6.07, 6.45) is 0.221. The first-order chi connectivity index (χ1) is 21.1. The molecule has 0 fully saturated rings. The van der Waals surface area contributed by atoms with E-state index in [0.29, 0.717) is 17.9 Å². The normalized spacial score (nSPS) is 11.8. The Morgan fingerprint density at radius 1 is 0.886 bits per heavy atom. The van der Waals surface area contributed by atoms with Gasteiger partial charge in [0.15, 0.2) is 0 Å². The standard InChI is InChI=1S/C34H36ClN3O5S/c1-4-36-34(40)32(22-26-11-6-5-7-12-26)37(23-27-13-10-14-28(21-27)43-3)33(39)24-38(31-16-9-8-15-30(31)35)44(41,42)29-19-17-25(2)18-20-29/h5-21,32H,4,22-24H2,1-3H3,(H,36,40). The predicted octanol–water partition coefficient (Wildman–Crippen LogP) is 5.63. The largest absolute Gasteiger partial charge is 0.497 e. The third kappa shape index (κ3) is 7.98. The third-order valence-electron chi connectivity index (χ3n) is 7.12. The summed E-state index contributed by atoms with van der Waals surface area (Å²) >= 11 is 6.52. The average molecular weight is 634 g/mol. The summed E-state index contributed by atoms with van der Waals surface area (Å²) in [6, 6.07) is 28.5. The quantitative estimate of drug-likeness (QED) is 0.206. The van der Waals surface area contributed by atoms with E-state index < -0.39 is 28.5 Å². The van der Waals surface area contributed by atoms with Crippen LogP contribution in [0.5, 0.6) is 5.75 Å². The number of para-hydroxylation sites is 1. The first-order valence-electron chi connectivity index (χ1n) is 14.2. The fraction of sp³-hybridized carbons (Fsp3) is 0.235. The molecule has 4 aromatic rings. The molecule has 4 rings (SSSR count). The van der Waals surface area contributed by atoms with Gasteiger partial charge in [-0.15, -0.1) is 0 Å². The Hall–Kier alpha value is -4.34. The second-order valence-electron chi connectivity index (χ2n) is 10.2. The highest BCUT2D eigenvalue weighted by Gasteiger charge is 2.35. The van der Waals surface area contributed by atoms with E-state index in [1.807, 2.05) is 43.3 Å². The molecule has 0 aromatic heterocycles. The number of halogens is 1. The molecule has 0 spiro atoms. The molecule has 0 aliphatic rings. The molecule has 10 heteroatoms. The molecular weight excluding hydrogens is 598 g/mol. The average Bonchev–Trinajstić information content (AvgIpc) is 3.02. The fourth-order valence-corrected chi connectivity index (χ4v) is 6.54. The Labute approximate surface area is 264 Å². The summed E-state index contributed by atoms with van der Waals surface area (Å²) in [5.41, 5.74) is 2.61. The van der Waals surface area contributed by atoms with Gasteiger partial charge in [0.25, 0.3) is 10.0 Å². The van der Waals surface area contributed by atoms with Crippen LogP contribution in [0.2, 0.25) is 5.02 Å². The maximum Gasteiger partial charge on any atom is 0.264 e. The van der Waals surface area contributed by atoms with Crippen LogP contribution in [-0.4, -0.2) is 51.4 Å². The van der Waals surface area contributed by atoms with Crippen LogP contribution >= 0.6 is 11.6 Å². The molecule has 0 heterocycles. The predicted molar refractivity (Wildman–Crippen MR) is 173 cm³/mol. The van der Waals surface area contributed by atoms with Crippen molar-refractivity contribution < 1.29 is 22.7 Å². The van der Waals surface area contributed by atoms with Crippen molar-refractivity contribution in [1.29, 1.82) is 0 Å². The summed E-state index contributed by atoms with van der Waals surface area (Å²) in [5.74, 6) is -0.332. The lowest BCUT2D eigenvalue weighted by Crippen LogP contribution is -2.53. The Morgan fingerprint density at radius 3 is 2.20 bits per heavy atom. The van der Waals surface area contributed by atoms with E-state index in [9.17, 15) is 18.0 Å². The number of hydrogen-bond acceptors (Lipinski definition) is 5. The Balaban J connectivity index is 1.81. The highest BCUT2D eigenvalue weighted by molar-refractivity contribution is 7.92. The van der Waals surface area contributed by atoms with Gasteiger partial charge in [0.2, 0.25) is 11.8 Å². The number of rotatable bonds is 13. The van der Waals surface area contributed by atoms with Crippen LogP contribution in [0.25, 0.3) is 0 Å². The van der Waals surface area contributed by atoms with Crippen LogP contribution in [-0.2, 0) is 32.6 Å². The highest BCUT2D eigenvalue weighted by Crippen LogP contribution is 2.31. The first-order valence-corrected chi connectivity index (χ1v) is 16.0. The number of nitrogens with one attached hydrogen (secondary N) is 1. The van der Waals surface area contributed by atoms with Crippen molar-refractivity contribution in [3.63, 3.8) is 0 Å². The molecule has 0 aliphatic carbocycles. The van der Waals surface area contributed by atoms with Crippen LogP contribution in [0, 0.1) is 6.92 Å². The van der Waals surface area contributed by atoms with E-state index in [-0.39, 0.29) is 34.5 Å². The summed E-state index contributed by atoms with van der Waals surface area (Å²) in [4.78, 5) is 29.5. The van der Waals surface area contributed by atoms with E-state index in [4.69, 9.17) is 16.3 Å². The summed E-state index contributed by atoms with van der Waals surface area (Å²) in [7, 11) is -2.69. The van der Waals surface area contributed by atoms with Gasteiger partial charge in [-0.2, -0.15) is 0 Å². The molecule has 0 bridgehead atoms. The van der Waals surface area contributed by atoms with Gasteiger partial charge in [-0.25, -0.2) is 8.42 Å². The van der Waals surface area contributed by atoms with Crippen LogP contribution in [0.4, 0.5) is 5.69 Å². The lowest BCUT2D eigenvalue weighted by atomic mass is 10.0. The van der Waals surface area contributed by atoms with E-state index in [1.54, 1.807) is 68.6 Å². The van der Waals surface area contributed by atoms with Crippen LogP contribution in [0.15, 0.2) is 108 Å². The maximum atomic E-state index is 14.4. The minimum absolute atomic E-state index is 0.0136. The van der Waals surface area contributed by atoms with Gasteiger partial charge in [0.1, 0.15) is 18.3 Å². The van der Waals surface area contributed by atoms with E-state index >= 15 is 0 Å². The number of aryl methyl sites for hydroxylation is 1. The van der Waals surface area contributed by atoms with Crippen molar-refractivity contribution in [3.8, 4) is 5.75 Å². The molecule has 1 unspecified atom stereocenters. The van der Waals surface area contributed by atoms with Gasteiger partial charge < -0.3 is 15.0 Å². The number of carbonyl (C=O) groups is 2. The molecular formula is C34H36ClN3O5S. The molecule has 1 N–H and O–H groups in total. The minimum atomic E-state index is -4.24. The molecule has 1 atom stereocenters. The number of carbonyl (C=O) groups excluding carboxylic acids is 2. The van der Waals surface area contributed by atoms with E-state index in [0.717, 1.165) is 15.4 Å². The zero-order valence-corrected chi connectivity index (χ0v) is 26.5. The summed E-state index contributed by atoms with van der Waals surface area (Å²) < 4.78 is 34.6. The van der Waals surface area contributed by atoms with Crippen LogP contribution in [0.1, 0.15) is 23.6 Å². The molecule has 0 saturated heterocycles. The number of benzene rings is 4. The number of ether oxygens (including phenoxy) is 1. The van der Waals surface area contributed by atoms with Crippen molar-refractivity contribution in [2.45, 2.75) is 37.8 Å². The zero-order chi connectivity index (χ0) is 31.7. The molecule has 0 saturated carbocycles. The topological polar surface area (TPSA) is 96.0 Å². The van der Waals surface area contributed by atoms with E-state index in [1.165, 1.54) is 17.0 Å². The third-order valence-corrected chi connectivity index (χ3v) is 9.21. The fourth-order valence-electron chi connectivity index (χ4n) is 4.82. The highest BCUT2D eigenvalue weighted by atomic mass is 35.5. The molecule has 44 heavy (non-hydrogen) atoms. The minimum Gasteiger partial charge on any atom is -0.497 e. The maximum absolute atomic E-state index is 14.4. The summed E-state index contributed by atoms with van der Waals surface area (Å²) in [5, 5.41) is 3.02. The summed E-state index contributed by atoms with van der Waals surface area (Å²) in [6.45, 7) is 3.47. The van der Waals surface area contributed by atoms with Gasteiger partial charge in [-0.1, -0.05) is 83.9 Å². The molecule has 2 amide bonds. The molecule has 8 nitrogen and oxygen atoms in total. The molecule has 0 aliphatic heterocycles. The SMILES string of the molecule is CCNC(=O)C(Cc1ccccc1)N(Cc1cccc(OC)c1)C(=O)CN(c1ccccc1Cl)S(=O)(=O)c1ccc(C)cc1. The smallest absolute Gasteiger partial charge is 0.264 e. The second kappa shape index (κ2) is 14.9. The van der Waals surface area contributed by atoms with Gasteiger partial charge >= 0.3 is 0 Å². The van der Waals surface area contributed by atoms with Crippen molar-refractivity contribution >= 4 is 39.1 Å². The lowest BCUT2D eigenvalue weighted by Gasteiger charge is -2.34. The van der Waals surface area contributed by atoms with Gasteiger partial charge in [0.05, 0.1) is 22.7 Å². The number of amides is 2. The Bertz CT molecular complexity index is 1680. The monoisotopic (exact) mass is 633 g/mol. The molecule has 0 radical (unpaired) electrons. The Kier molecular flexibility index (Phi) is 11.0. The van der Waals surface area contributed by atoms with E-state index in [2.05, 4.69) is 5.32 Å². The van der Waals surface area contributed by atoms with Crippen molar-refractivity contribution in [2.24, 2.45) is 0 Å². The number of likely N-dealkylation sites (N-methyl/N-ethyl adjacent to an activating group) is 1. The number of hydrogen-bond donors (Lipinski definition) is 1. The first kappa shape index (κ1) is 32.6. The van der Waals surface area contributed by atoms with Crippen molar-refractivity contribution in [3.05, 3.63) is 125 Å². The number of anilines is 1. The van der Waals surface area contributed by atoms with Crippen LogP contribution < -0.4 is 14.4 Å².